The number of aromatic nitrogens is 1. The molecular weight excluding hydrogens is 286 g/mol. The summed E-state index contributed by atoms with van der Waals surface area (Å²) in [5, 5.41) is 2.88. The van der Waals surface area contributed by atoms with Gasteiger partial charge in [-0.3, -0.25) is 4.79 Å². The van der Waals surface area contributed by atoms with Gasteiger partial charge in [0.1, 0.15) is 5.82 Å². The van der Waals surface area contributed by atoms with Crippen molar-refractivity contribution in [3.05, 3.63) is 53.2 Å². The number of benzene rings is 1. The zero-order chi connectivity index (χ0) is 16.7. The lowest BCUT2D eigenvalue weighted by Gasteiger charge is -2.10. The van der Waals surface area contributed by atoms with Crippen LogP contribution in [0.1, 0.15) is 54.1 Å². The molecule has 3 N–H and O–H groups in total. The SMILES string of the molecule is CCCCCCc1ccc(NC(=O)c2c(C)ccnc2N)cc1. The monoisotopic (exact) mass is 311 g/mol. The van der Waals surface area contributed by atoms with Gasteiger partial charge in [-0.05, 0) is 49.1 Å². The summed E-state index contributed by atoms with van der Waals surface area (Å²) in [6.45, 7) is 4.07. The van der Waals surface area contributed by atoms with Gasteiger partial charge < -0.3 is 11.1 Å². The Balaban J connectivity index is 1.96. The predicted molar refractivity (Wildman–Crippen MR) is 95.6 cm³/mol. The van der Waals surface area contributed by atoms with Crippen LogP contribution in [0.3, 0.4) is 0 Å². The molecule has 1 heterocycles. The topological polar surface area (TPSA) is 68.0 Å². The minimum Gasteiger partial charge on any atom is -0.383 e. The van der Waals surface area contributed by atoms with Crippen LogP contribution in [0, 0.1) is 6.92 Å². The number of rotatable bonds is 7. The average molecular weight is 311 g/mol. The summed E-state index contributed by atoms with van der Waals surface area (Å²) in [5.41, 5.74) is 9.15. The Morgan fingerprint density at radius 2 is 1.87 bits per heavy atom. The highest BCUT2D eigenvalue weighted by Crippen LogP contribution is 2.17. The molecule has 0 aliphatic rings. The van der Waals surface area contributed by atoms with Crippen LogP contribution in [0.4, 0.5) is 11.5 Å². The molecule has 23 heavy (non-hydrogen) atoms. The molecule has 0 saturated heterocycles. The first kappa shape index (κ1) is 17.0. The third kappa shape index (κ3) is 4.81. The largest absolute Gasteiger partial charge is 0.383 e. The maximum absolute atomic E-state index is 12.4. The van der Waals surface area contributed by atoms with Crippen LogP contribution in [0.15, 0.2) is 36.5 Å². The Labute approximate surface area is 138 Å². The molecule has 0 saturated carbocycles. The molecule has 2 aromatic rings. The second kappa shape index (κ2) is 8.32. The van der Waals surface area contributed by atoms with Gasteiger partial charge in [0.25, 0.3) is 5.91 Å². The maximum Gasteiger partial charge on any atom is 0.259 e. The number of hydrogen-bond donors (Lipinski definition) is 2. The van der Waals surface area contributed by atoms with Crippen LogP contribution in [0.5, 0.6) is 0 Å². The van der Waals surface area contributed by atoms with E-state index < -0.39 is 0 Å². The lowest BCUT2D eigenvalue weighted by atomic mass is 10.1. The van der Waals surface area contributed by atoms with Crippen molar-refractivity contribution in [2.45, 2.75) is 46.0 Å². The van der Waals surface area contributed by atoms with Crippen LogP contribution in [0.2, 0.25) is 0 Å². The second-order valence-corrected chi connectivity index (χ2v) is 5.85. The summed E-state index contributed by atoms with van der Waals surface area (Å²) < 4.78 is 0. The molecule has 1 aromatic heterocycles. The van der Waals surface area contributed by atoms with Crippen LogP contribution in [-0.4, -0.2) is 10.9 Å². The van der Waals surface area contributed by atoms with E-state index in [1.165, 1.54) is 31.2 Å². The third-order valence-corrected chi connectivity index (χ3v) is 3.95. The van der Waals surface area contributed by atoms with E-state index in [1.54, 1.807) is 12.3 Å². The zero-order valence-electron chi connectivity index (χ0n) is 13.9. The minimum atomic E-state index is -0.219. The van der Waals surface area contributed by atoms with E-state index in [-0.39, 0.29) is 11.7 Å². The van der Waals surface area contributed by atoms with Gasteiger partial charge in [-0.1, -0.05) is 38.3 Å². The van der Waals surface area contributed by atoms with Crippen molar-refractivity contribution in [2.75, 3.05) is 11.1 Å². The summed E-state index contributed by atoms with van der Waals surface area (Å²) >= 11 is 0. The number of nitrogens with two attached hydrogens (primary N) is 1. The number of carbonyl (C=O) groups excluding carboxylic acids is 1. The molecule has 1 amide bonds. The maximum atomic E-state index is 12.4. The van der Waals surface area contributed by atoms with Crippen molar-refractivity contribution in [1.29, 1.82) is 0 Å². The van der Waals surface area contributed by atoms with Crippen molar-refractivity contribution in [3.63, 3.8) is 0 Å². The zero-order valence-corrected chi connectivity index (χ0v) is 13.9. The molecule has 2 rings (SSSR count). The first-order valence-electron chi connectivity index (χ1n) is 8.23. The Kier molecular flexibility index (Phi) is 6.15. The van der Waals surface area contributed by atoms with Crippen molar-refractivity contribution in [1.82, 2.24) is 4.98 Å². The number of nitrogen functional groups attached to an aromatic ring is 1. The fourth-order valence-electron chi connectivity index (χ4n) is 2.58. The number of hydrogen-bond acceptors (Lipinski definition) is 3. The second-order valence-electron chi connectivity index (χ2n) is 5.85. The van der Waals surface area contributed by atoms with Gasteiger partial charge in [0.2, 0.25) is 0 Å². The molecule has 0 aliphatic heterocycles. The molecule has 0 unspecified atom stereocenters. The Morgan fingerprint density at radius 3 is 2.52 bits per heavy atom. The first-order valence-corrected chi connectivity index (χ1v) is 8.23. The highest BCUT2D eigenvalue weighted by atomic mass is 16.1. The molecule has 4 nitrogen and oxygen atoms in total. The number of anilines is 2. The van der Waals surface area contributed by atoms with Gasteiger partial charge in [0.15, 0.2) is 0 Å². The van der Waals surface area contributed by atoms with Crippen molar-refractivity contribution in [2.24, 2.45) is 0 Å². The molecule has 0 aliphatic carbocycles. The lowest BCUT2D eigenvalue weighted by Crippen LogP contribution is -2.16. The predicted octanol–water partition coefficient (Wildman–Crippen LogP) is 4.35. The van der Waals surface area contributed by atoms with Gasteiger partial charge >= 0.3 is 0 Å². The molecule has 4 heteroatoms. The standard InChI is InChI=1S/C19H25N3O/c1-3-4-5-6-7-15-8-10-16(11-9-15)22-19(23)17-14(2)12-13-21-18(17)20/h8-13H,3-7H2,1-2H3,(H2,20,21)(H,22,23). The molecule has 0 spiro atoms. The number of aryl methyl sites for hydroxylation is 2. The molecule has 0 atom stereocenters. The number of nitrogens with zero attached hydrogens (tertiary/aromatic N) is 1. The van der Waals surface area contributed by atoms with Gasteiger partial charge in [0.05, 0.1) is 5.56 Å². The molecule has 1 aromatic carbocycles. The van der Waals surface area contributed by atoms with E-state index in [1.807, 2.05) is 19.1 Å². The third-order valence-electron chi connectivity index (χ3n) is 3.95. The molecule has 122 valence electrons. The molecule has 0 fully saturated rings. The fraction of sp³-hybridized carbons (Fsp3) is 0.368. The van der Waals surface area contributed by atoms with Gasteiger partial charge in [-0.15, -0.1) is 0 Å². The van der Waals surface area contributed by atoms with E-state index in [4.69, 9.17) is 5.73 Å². The van der Waals surface area contributed by atoms with E-state index in [9.17, 15) is 4.79 Å². The van der Waals surface area contributed by atoms with Gasteiger partial charge in [-0.25, -0.2) is 4.98 Å². The summed E-state index contributed by atoms with van der Waals surface area (Å²) in [7, 11) is 0. The van der Waals surface area contributed by atoms with Crippen LogP contribution >= 0.6 is 0 Å². The van der Waals surface area contributed by atoms with Gasteiger partial charge in [0, 0.05) is 11.9 Å². The number of nitrogens with one attached hydrogen (secondary N) is 1. The molecule has 0 radical (unpaired) electrons. The Bertz CT molecular complexity index is 630. The average Bonchev–Trinajstić information content (AvgIpc) is 2.53. The Morgan fingerprint density at radius 1 is 1.13 bits per heavy atom. The minimum absolute atomic E-state index is 0.219. The normalized spacial score (nSPS) is 10.5. The number of amides is 1. The van der Waals surface area contributed by atoms with E-state index >= 15 is 0 Å². The van der Waals surface area contributed by atoms with Crippen LogP contribution in [-0.2, 0) is 6.42 Å². The highest BCUT2D eigenvalue weighted by molar-refractivity contribution is 6.08. The van der Waals surface area contributed by atoms with Crippen molar-refractivity contribution < 1.29 is 4.79 Å². The number of pyridine rings is 1. The van der Waals surface area contributed by atoms with Crippen molar-refractivity contribution >= 4 is 17.4 Å². The van der Waals surface area contributed by atoms with E-state index in [0.29, 0.717) is 5.56 Å². The van der Waals surface area contributed by atoms with E-state index in [2.05, 4.69) is 29.4 Å². The first-order chi connectivity index (χ1) is 11.1. The van der Waals surface area contributed by atoms with Crippen molar-refractivity contribution in [3.8, 4) is 0 Å². The molecular formula is C19H25N3O. The summed E-state index contributed by atoms with van der Waals surface area (Å²) in [6, 6.07) is 9.80. The molecule has 0 bridgehead atoms. The smallest absolute Gasteiger partial charge is 0.259 e. The van der Waals surface area contributed by atoms with Crippen LogP contribution in [0.25, 0.3) is 0 Å². The summed E-state index contributed by atoms with van der Waals surface area (Å²) in [5.74, 6) is 0.0406. The quantitative estimate of drug-likeness (QED) is 0.747. The summed E-state index contributed by atoms with van der Waals surface area (Å²) in [4.78, 5) is 16.3. The fourth-order valence-corrected chi connectivity index (χ4v) is 2.58. The lowest BCUT2D eigenvalue weighted by molar-refractivity contribution is 0.102. The summed E-state index contributed by atoms with van der Waals surface area (Å²) in [6.07, 6.45) is 7.72. The number of carbonyl (C=O) groups is 1. The van der Waals surface area contributed by atoms with E-state index in [0.717, 1.165) is 17.7 Å². The van der Waals surface area contributed by atoms with Crippen LogP contribution < -0.4 is 11.1 Å². The Hall–Kier alpha value is -2.36. The van der Waals surface area contributed by atoms with Gasteiger partial charge in [-0.2, -0.15) is 0 Å². The number of unbranched alkanes of at least 4 members (excludes halogenated alkanes) is 3. The highest BCUT2D eigenvalue weighted by Gasteiger charge is 2.13.